The maximum Gasteiger partial charge on any atom is 0.217 e. The first-order chi connectivity index (χ1) is 6.74. The Balaban J connectivity index is 1.60. The third-order valence-corrected chi connectivity index (χ3v) is 3.01. The molecule has 80 valence electrons. The Morgan fingerprint density at radius 2 is 2.36 bits per heavy atom. The number of carbonyl (C=O) groups excluding carboxylic acids is 1. The van der Waals surface area contributed by atoms with E-state index in [1.54, 1.807) is 6.92 Å². The minimum Gasteiger partial charge on any atom is -0.351 e. The van der Waals surface area contributed by atoms with Crippen LogP contribution in [0.4, 0.5) is 0 Å². The number of hydrogen-bond acceptors (Lipinski definition) is 3. The molecule has 2 fully saturated rings. The molecule has 2 saturated heterocycles. The number of rotatable bonds is 3. The fourth-order valence-corrected chi connectivity index (χ4v) is 2.32. The van der Waals surface area contributed by atoms with Crippen LogP contribution in [0.15, 0.2) is 0 Å². The van der Waals surface area contributed by atoms with Gasteiger partial charge in [0.05, 0.1) is 6.04 Å². The predicted octanol–water partition coefficient (Wildman–Crippen LogP) is -0.441. The summed E-state index contributed by atoms with van der Waals surface area (Å²) in [4.78, 5) is 13.2. The highest BCUT2D eigenvalue weighted by molar-refractivity contribution is 5.73. The summed E-state index contributed by atoms with van der Waals surface area (Å²) in [6.45, 7) is 5.96. The van der Waals surface area contributed by atoms with E-state index in [2.05, 4.69) is 15.5 Å². The van der Waals surface area contributed by atoms with Gasteiger partial charge in [0.15, 0.2) is 0 Å². The molecule has 2 aliphatic rings. The highest BCUT2D eigenvalue weighted by Crippen LogP contribution is 2.12. The zero-order valence-electron chi connectivity index (χ0n) is 8.75. The first kappa shape index (κ1) is 9.93. The SMILES string of the molecule is CC(=O)NC1CN(CC2CCCN2)C1. The third kappa shape index (κ3) is 2.45. The van der Waals surface area contributed by atoms with Crippen molar-refractivity contribution in [1.82, 2.24) is 15.5 Å². The molecule has 0 spiro atoms. The highest BCUT2D eigenvalue weighted by atomic mass is 16.1. The summed E-state index contributed by atoms with van der Waals surface area (Å²) < 4.78 is 0. The average molecular weight is 197 g/mol. The lowest BCUT2D eigenvalue weighted by molar-refractivity contribution is -0.120. The van der Waals surface area contributed by atoms with Crippen LogP contribution in [0.2, 0.25) is 0 Å². The van der Waals surface area contributed by atoms with Crippen molar-refractivity contribution in [1.29, 1.82) is 0 Å². The summed E-state index contributed by atoms with van der Waals surface area (Å²) in [5.41, 5.74) is 0. The maximum atomic E-state index is 10.8. The van der Waals surface area contributed by atoms with Crippen LogP contribution < -0.4 is 10.6 Å². The number of amides is 1. The second-order valence-corrected chi connectivity index (χ2v) is 4.41. The summed E-state index contributed by atoms with van der Waals surface area (Å²) in [5.74, 6) is 0.0913. The summed E-state index contributed by atoms with van der Waals surface area (Å²) in [7, 11) is 0. The van der Waals surface area contributed by atoms with Gasteiger partial charge in [0.1, 0.15) is 0 Å². The molecule has 1 amide bonds. The van der Waals surface area contributed by atoms with Crippen molar-refractivity contribution in [3.8, 4) is 0 Å². The van der Waals surface area contributed by atoms with Crippen molar-refractivity contribution in [2.24, 2.45) is 0 Å². The van der Waals surface area contributed by atoms with Crippen molar-refractivity contribution < 1.29 is 4.79 Å². The van der Waals surface area contributed by atoms with Gasteiger partial charge < -0.3 is 10.6 Å². The molecule has 0 bridgehead atoms. The second-order valence-electron chi connectivity index (χ2n) is 4.41. The van der Waals surface area contributed by atoms with Gasteiger partial charge in [-0.05, 0) is 19.4 Å². The Bertz CT molecular complexity index is 207. The fourth-order valence-electron chi connectivity index (χ4n) is 2.32. The third-order valence-electron chi connectivity index (χ3n) is 3.01. The van der Waals surface area contributed by atoms with Crippen molar-refractivity contribution in [2.75, 3.05) is 26.2 Å². The van der Waals surface area contributed by atoms with Crippen LogP contribution in [0.1, 0.15) is 19.8 Å². The molecule has 1 unspecified atom stereocenters. The molecule has 0 saturated carbocycles. The van der Waals surface area contributed by atoms with Gasteiger partial charge in [0.25, 0.3) is 0 Å². The molecule has 0 aromatic rings. The summed E-state index contributed by atoms with van der Waals surface area (Å²) in [6, 6.07) is 1.09. The van der Waals surface area contributed by atoms with Crippen LogP contribution in [0.5, 0.6) is 0 Å². The van der Waals surface area contributed by atoms with E-state index in [0.717, 1.165) is 19.6 Å². The molecule has 14 heavy (non-hydrogen) atoms. The Kier molecular flexibility index (Phi) is 3.03. The second kappa shape index (κ2) is 4.28. The molecule has 4 nitrogen and oxygen atoms in total. The summed E-state index contributed by atoms with van der Waals surface area (Å²) in [6.07, 6.45) is 2.62. The largest absolute Gasteiger partial charge is 0.351 e. The fraction of sp³-hybridized carbons (Fsp3) is 0.900. The van der Waals surface area contributed by atoms with E-state index in [1.165, 1.54) is 19.4 Å². The average Bonchev–Trinajstić information content (AvgIpc) is 2.52. The zero-order chi connectivity index (χ0) is 9.97. The minimum atomic E-state index is 0.0913. The van der Waals surface area contributed by atoms with Gasteiger partial charge in [-0.25, -0.2) is 0 Å². The van der Waals surface area contributed by atoms with Crippen LogP contribution in [0.25, 0.3) is 0 Å². The molecule has 1 atom stereocenters. The normalized spacial score (nSPS) is 28.8. The Hall–Kier alpha value is -0.610. The van der Waals surface area contributed by atoms with Crippen LogP contribution in [-0.4, -0.2) is 49.1 Å². The molecule has 0 aromatic carbocycles. The molecule has 0 radical (unpaired) electrons. The van der Waals surface area contributed by atoms with Crippen LogP contribution in [0.3, 0.4) is 0 Å². The highest BCUT2D eigenvalue weighted by Gasteiger charge is 2.29. The van der Waals surface area contributed by atoms with Gasteiger partial charge >= 0.3 is 0 Å². The lowest BCUT2D eigenvalue weighted by atomic mass is 10.1. The van der Waals surface area contributed by atoms with E-state index in [1.807, 2.05) is 0 Å². The maximum absolute atomic E-state index is 10.8. The monoisotopic (exact) mass is 197 g/mol. The first-order valence-electron chi connectivity index (χ1n) is 5.47. The number of carbonyl (C=O) groups is 1. The lowest BCUT2D eigenvalue weighted by Crippen LogP contribution is -2.60. The van der Waals surface area contributed by atoms with Crippen LogP contribution >= 0.6 is 0 Å². The Morgan fingerprint density at radius 1 is 1.57 bits per heavy atom. The van der Waals surface area contributed by atoms with E-state index >= 15 is 0 Å². The molecule has 2 rings (SSSR count). The van der Waals surface area contributed by atoms with Crippen LogP contribution in [-0.2, 0) is 4.79 Å². The van der Waals surface area contributed by atoms with Crippen molar-refractivity contribution in [3.05, 3.63) is 0 Å². The number of hydrogen-bond donors (Lipinski definition) is 2. The Morgan fingerprint density at radius 3 is 2.93 bits per heavy atom. The zero-order valence-corrected chi connectivity index (χ0v) is 8.75. The number of nitrogens with zero attached hydrogens (tertiary/aromatic N) is 1. The lowest BCUT2D eigenvalue weighted by Gasteiger charge is -2.40. The first-order valence-corrected chi connectivity index (χ1v) is 5.47. The minimum absolute atomic E-state index is 0.0913. The standard InChI is InChI=1S/C10H19N3O/c1-8(14)12-10-6-13(7-10)5-9-3-2-4-11-9/h9-11H,2-7H2,1H3,(H,12,14). The van der Waals surface area contributed by atoms with E-state index in [9.17, 15) is 4.79 Å². The van der Waals surface area contributed by atoms with Gasteiger partial charge in [0, 0.05) is 32.6 Å². The molecular weight excluding hydrogens is 178 g/mol. The van der Waals surface area contributed by atoms with Gasteiger partial charge in [0.2, 0.25) is 5.91 Å². The van der Waals surface area contributed by atoms with E-state index < -0.39 is 0 Å². The van der Waals surface area contributed by atoms with Gasteiger partial charge in [-0.3, -0.25) is 9.69 Å². The molecule has 2 heterocycles. The van der Waals surface area contributed by atoms with Gasteiger partial charge in [-0.2, -0.15) is 0 Å². The van der Waals surface area contributed by atoms with E-state index in [0.29, 0.717) is 12.1 Å². The van der Waals surface area contributed by atoms with Crippen LogP contribution in [0, 0.1) is 0 Å². The van der Waals surface area contributed by atoms with E-state index in [4.69, 9.17) is 0 Å². The molecular formula is C10H19N3O. The predicted molar refractivity (Wildman–Crippen MR) is 55.1 cm³/mol. The molecule has 0 aromatic heterocycles. The van der Waals surface area contributed by atoms with Crippen molar-refractivity contribution in [2.45, 2.75) is 31.8 Å². The van der Waals surface area contributed by atoms with Crippen molar-refractivity contribution in [3.63, 3.8) is 0 Å². The number of likely N-dealkylation sites (tertiary alicyclic amines) is 1. The quantitative estimate of drug-likeness (QED) is 0.644. The Labute approximate surface area is 85.0 Å². The van der Waals surface area contributed by atoms with E-state index in [-0.39, 0.29) is 5.91 Å². The smallest absolute Gasteiger partial charge is 0.217 e. The topological polar surface area (TPSA) is 44.4 Å². The molecule has 2 aliphatic heterocycles. The molecule has 0 aliphatic carbocycles. The van der Waals surface area contributed by atoms with Gasteiger partial charge in [-0.15, -0.1) is 0 Å². The molecule has 4 heteroatoms. The summed E-state index contributed by atoms with van der Waals surface area (Å²) in [5, 5.41) is 6.42. The number of nitrogens with one attached hydrogen (secondary N) is 2. The summed E-state index contributed by atoms with van der Waals surface area (Å²) >= 11 is 0. The molecule has 2 N–H and O–H groups in total. The van der Waals surface area contributed by atoms with Crippen molar-refractivity contribution >= 4 is 5.91 Å². The van der Waals surface area contributed by atoms with Gasteiger partial charge in [-0.1, -0.05) is 0 Å².